The van der Waals surface area contributed by atoms with Crippen molar-refractivity contribution in [2.45, 2.75) is 6.17 Å². The zero-order valence-corrected chi connectivity index (χ0v) is 6.34. The Hall–Kier alpha value is -1.00. The highest BCUT2D eigenvalue weighted by Crippen LogP contribution is 2.17. The molecule has 1 aromatic rings. The van der Waals surface area contributed by atoms with Gasteiger partial charge in [-0.25, -0.2) is 14.7 Å². The molecular weight excluding hydrogens is 164 g/mol. The quantitative estimate of drug-likeness (QED) is 0.706. The second-order valence-corrected chi connectivity index (χ2v) is 2.36. The molecule has 0 radical (unpaired) electrons. The van der Waals surface area contributed by atoms with E-state index in [2.05, 4.69) is 10.7 Å². The van der Waals surface area contributed by atoms with E-state index in [9.17, 15) is 8.78 Å². The number of hydrogen-bond acceptors (Lipinski definition) is 2. The second kappa shape index (κ2) is 4.13. The Kier molecular flexibility index (Phi) is 3.13. The topological polar surface area (TPSA) is 35.2 Å². The lowest BCUT2D eigenvalue weighted by atomic mass is 10.1. The van der Waals surface area contributed by atoms with E-state index in [0.717, 1.165) is 6.07 Å². The zero-order valence-electron chi connectivity index (χ0n) is 6.34. The molecule has 2 N–H and O–H groups in total. The molecule has 0 heterocycles. The lowest BCUT2D eigenvalue weighted by Gasteiger charge is -2.05. The van der Waals surface area contributed by atoms with Crippen molar-refractivity contribution in [3.05, 3.63) is 35.6 Å². The Morgan fingerprint density at radius 3 is 2.83 bits per heavy atom. The van der Waals surface area contributed by atoms with Crippen molar-refractivity contribution in [1.82, 2.24) is 0 Å². The molecule has 0 saturated heterocycles. The molecule has 4 heteroatoms. The van der Waals surface area contributed by atoms with Gasteiger partial charge in [0, 0.05) is 0 Å². The molecule has 0 fully saturated rings. The van der Waals surface area contributed by atoms with Crippen molar-refractivity contribution >= 4 is 0 Å². The van der Waals surface area contributed by atoms with Crippen LogP contribution in [-0.2, 0) is 4.84 Å². The maximum atomic E-state index is 12.9. The highest BCUT2D eigenvalue weighted by atomic mass is 19.1. The Labute approximate surface area is 68.9 Å². The molecule has 1 aromatic carbocycles. The summed E-state index contributed by atoms with van der Waals surface area (Å²) >= 11 is 0. The molecule has 1 unspecified atom stereocenters. The molecule has 0 spiro atoms. The van der Waals surface area contributed by atoms with Gasteiger partial charge in [0.1, 0.15) is 12.4 Å². The van der Waals surface area contributed by atoms with Crippen LogP contribution in [0.15, 0.2) is 24.3 Å². The average molecular weight is 173 g/mol. The summed E-state index contributed by atoms with van der Waals surface area (Å²) in [4.78, 5) is 4.10. The number of rotatable bonds is 3. The van der Waals surface area contributed by atoms with E-state index in [1.54, 1.807) is 0 Å². The summed E-state index contributed by atoms with van der Waals surface area (Å²) in [6.07, 6.45) is -1.37. The maximum absolute atomic E-state index is 12.9. The molecule has 12 heavy (non-hydrogen) atoms. The van der Waals surface area contributed by atoms with Gasteiger partial charge in [0.2, 0.25) is 0 Å². The van der Waals surface area contributed by atoms with Crippen molar-refractivity contribution in [2.75, 3.05) is 6.61 Å². The van der Waals surface area contributed by atoms with Crippen LogP contribution in [-0.4, -0.2) is 6.61 Å². The largest absolute Gasteiger partial charge is 0.301 e. The Morgan fingerprint density at radius 1 is 1.50 bits per heavy atom. The van der Waals surface area contributed by atoms with E-state index in [4.69, 9.17) is 0 Å². The van der Waals surface area contributed by atoms with E-state index in [1.165, 1.54) is 18.2 Å². The van der Waals surface area contributed by atoms with E-state index in [0.29, 0.717) is 0 Å². The van der Waals surface area contributed by atoms with E-state index in [-0.39, 0.29) is 12.2 Å². The number of benzene rings is 1. The van der Waals surface area contributed by atoms with Crippen molar-refractivity contribution in [3.63, 3.8) is 0 Å². The van der Waals surface area contributed by atoms with Crippen LogP contribution in [0.2, 0.25) is 0 Å². The fourth-order valence-electron chi connectivity index (χ4n) is 0.882. The van der Waals surface area contributed by atoms with Gasteiger partial charge in [-0.05, 0) is 17.7 Å². The van der Waals surface area contributed by atoms with Crippen molar-refractivity contribution < 1.29 is 13.6 Å². The van der Waals surface area contributed by atoms with Gasteiger partial charge in [0.25, 0.3) is 0 Å². The van der Waals surface area contributed by atoms with Crippen molar-refractivity contribution in [3.8, 4) is 0 Å². The van der Waals surface area contributed by atoms with Crippen LogP contribution in [0.25, 0.3) is 0 Å². The highest BCUT2D eigenvalue weighted by Gasteiger charge is 2.09. The van der Waals surface area contributed by atoms with Crippen LogP contribution in [0.5, 0.6) is 0 Å². The highest BCUT2D eigenvalue weighted by molar-refractivity contribution is 5.18. The first-order chi connectivity index (χ1) is 5.74. The third-order valence-electron chi connectivity index (χ3n) is 1.45. The standard InChI is InChI=1S/C8H9F2NO/c9-7-3-1-2-6(4-7)8(10)5-12-11/h1-4,8H,5,11H2. The number of nitrogens with two attached hydrogens (primary N) is 1. The average Bonchev–Trinajstić information content (AvgIpc) is 2.05. The van der Waals surface area contributed by atoms with Crippen molar-refractivity contribution in [2.24, 2.45) is 5.90 Å². The van der Waals surface area contributed by atoms with Crippen LogP contribution in [0.1, 0.15) is 11.7 Å². The van der Waals surface area contributed by atoms with Gasteiger partial charge in [-0.1, -0.05) is 12.1 Å². The van der Waals surface area contributed by atoms with Crippen LogP contribution < -0.4 is 5.90 Å². The summed E-state index contributed by atoms with van der Waals surface area (Å²) < 4.78 is 25.5. The first-order valence-corrected chi connectivity index (χ1v) is 3.45. The molecule has 0 aliphatic carbocycles. The van der Waals surface area contributed by atoms with Crippen LogP contribution in [0.3, 0.4) is 0 Å². The first kappa shape index (κ1) is 9.09. The predicted octanol–water partition coefficient (Wildman–Crippen LogP) is 1.73. The van der Waals surface area contributed by atoms with Crippen LogP contribution in [0, 0.1) is 5.82 Å². The second-order valence-electron chi connectivity index (χ2n) is 2.36. The minimum Gasteiger partial charge on any atom is -0.301 e. The van der Waals surface area contributed by atoms with Gasteiger partial charge in [-0.3, -0.25) is 0 Å². The van der Waals surface area contributed by atoms with Gasteiger partial charge in [-0.15, -0.1) is 0 Å². The van der Waals surface area contributed by atoms with Gasteiger partial charge in [0.15, 0.2) is 6.17 Å². The molecule has 0 bridgehead atoms. The number of hydrogen-bond donors (Lipinski definition) is 1. The number of halogens is 2. The number of alkyl halides is 1. The summed E-state index contributed by atoms with van der Waals surface area (Å²) in [6, 6.07) is 5.28. The molecule has 0 amide bonds. The van der Waals surface area contributed by atoms with E-state index >= 15 is 0 Å². The normalized spacial score (nSPS) is 12.9. The summed E-state index contributed by atoms with van der Waals surface area (Å²) in [5, 5.41) is 0. The first-order valence-electron chi connectivity index (χ1n) is 3.45. The predicted molar refractivity (Wildman–Crippen MR) is 40.4 cm³/mol. The van der Waals surface area contributed by atoms with Gasteiger partial charge >= 0.3 is 0 Å². The molecular formula is C8H9F2NO. The van der Waals surface area contributed by atoms with Crippen LogP contribution in [0.4, 0.5) is 8.78 Å². The Balaban J connectivity index is 2.73. The summed E-state index contributed by atoms with van der Waals surface area (Å²) in [7, 11) is 0. The summed E-state index contributed by atoms with van der Waals surface area (Å²) in [6.45, 7) is -0.260. The van der Waals surface area contributed by atoms with E-state index < -0.39 is 12.0 Å². The Bertz CT molecular complexity index is 255. The molecule has 1 rings (SSSR count). The van der Waals surface area contributed by atoms with Crippen LogP contribution >= 0.6 is 0 Å². The molecule has 0 aliphatic heterocycles. The minimum atomic E-state index is -1.37. The van der Waals surface area contributed by atoms with Gasteiger partial charge in [0.05, 0.1) is 0 Å². The SMILES string of the molecule is NOCC(F)c1cccc(F)c1. The zero-order chi connectivity index (χ0) is 8.97. The smallest absolute Gasteiger partial charge is 0.150 e. The Morgan fingerprint density at radius 2 is 2.25 bits per heavy atom. The fraction of sp³-hybridized carbons (Fsp3) is 0.250. The lowest BCUT2D eigenvalue weighted by molar-refractivity contribution is 0.0815. The van der Waals surface area contributed by atoms with Gasteiger partial charge < -0.3 is 4.84 Å². The minimum absolute atomic E-state index is 0.237. The maximum Gasteiger partial charge on any atom is 0.150 e. The molecule has 1 atom stereocenters. The third kappa shape index (κ3) is 2.25. The molecule has 0 aliphatic rings. The fourth-order valence-corrected chi connectivity index (χ4v) is 0.882. The lowest BCUT2D eigenvalue weighted by Crippen LogP contribution is -2.07. The summed E-state index contributed by atoms with van der Waals surface area (Å²) in [5.41, 5.74) is 0.237. The monoisotopic (exact) mass is 173 g/mol. The van der Waals surface area contributed by atoms with Crippen molar-refractivity contribution in [1.29, 1.82) is 0 Å². The van der Waals surface area contributed by atoms with E-state index in [1.807, 2.05) is 0 Å². The third-order valence-corrected chi connectivity index (χ3v) is 1.45. The molecule has 66 valence electrons. The summed E-state index contributed by atoms with van der Waals surface area (Å²) in [5.74, 6) is 4.21. The molecule has 2 nitrogen and oxygen atoms in total. The molecule has 0 saturated carbocycles. The molecule has 0 aromatic heterocycles. The van der Waals surface area contributed by atoms with Gasteiger partial charge in [-0.2, -0.15) is 0 Å².